The van der Waals surface area contributed by atoms with Gasteiger partial charge in [0.2, 0.25) is 0 Å². The molecule has 0 aromatic rings. The number of likely N-dealkylation sites (N-methyl/N-ethyl adjacent to an activating group) is 1. The smallest absolute Gasteiger partial charge is 0.120 e. The summed E-state index contributed by atoms with van der Waals surface area (Å²) in [6.07, 6.45) is 6.32. The van der Waals surface area contributed by atoms with Crippen LogP contribution in [0.2, 0.25) is 0 Å². The van der Waals surface area contributed by atoms with Crippen molar-refractivity contribution in [3.8, 4) is 0 Å². The lowest BCUT2D eigenvalue weighted by Crippen LogP contribution is -2.39. The fourth-order valence-electron chi connectivity index (χ4n) is 1.73. The van der Waals surface area contributed by atoms with Gasteiger partial charge in [0.15, 0.2) is 0 Å². The normalized spacial score (nSPS) is 23.1. The van der Waals surface area contributed by atoms with Crippen molar-refractivity contribution in [2.75, 3.05) is 27.7 Å². The first kappa shape index (κ1) is 11.0. The number of amidine groups is 1. The Kier molecular flexibility index (Phi) is 4.46. The van der Waals surface area contributed by atoms with E-state index in [-0.39, 0.29) is 0 Å². The van der Waals surface area contributed by atoms with Crippen molar-refractivity contribution in [2.24, 2.45) is 4.99 Å². The van der Waals surface area contributed by atoms with E-state index >= 15 is 0 Å². The second-order valence-electron chi connectivity index (χ2n) is 3.45. The molecule has 0 aromatic heterocycles. The number of nitrogens with one attached hydrogen (secondary N) is 2. The van der Waals surface area contributed by atoms with Gasteiger partial charge in [-0.25, -0.2) is 0 Å². The fourth-order valence-corrected chi connectivity index (χ4v) is 1.73. The van der Waals surface area contributed by atoms with Gasteiger partial charge in [0.1, 0.15) is 5.84 Å². The predicted molar refractivity (Wildman–Crippen MR) is 60.3 cm³/mol. The van der Waals surface area contributed by atoms with Crippen LogP contribution in [0, 0.1) is 0 Å². The van der Waals surface area contributed by atoms with Gasteiger partial charge in [0.25, 0.3) is 0 Å². The van der Waals surface area contributed by atoms with Crippen molar-refractivity contribution >= 4 is 5.84 Å². The quantitative estimate of drug-likeness (QED) is 0.507. The van der Waals surface area contributed by atoms with E-state index in [1.54, 1.807) is 0 Å². The average molecular weight is 196 g/mol. The van der Waals surface area contributed by atoms with Gasteiger partial charge in [-0.3, -0.25) is 4.99 Å². The van der Waals surface area contributed by atoms with E-state index in [0.29, 0.717) is 6.04 Å². The summed E-state index contributed by atoms with van der Waals surface area (Å²) >= 11 is 0. The van der Waals surface area contributed by atoms with Crippen LogP contribution in [-0.4, -0.2) is 44.5 Å². The molecule has 4 nitrogen and oxygen atoms in total. The Bertz CT molecular complexity index is 216. The number of aliphatic imine (C=N–C) groups is 1. The van der Waals surface area contributed by atoms with Crippen LogP contribution in [0.15, 0.2) is 17.4 Å². The zero-order valence-electron chi connectivity index (χ0n) is 9.25. The first-order valence-corrected chi connectivity index (χ1v) is 5.06. The Hall–Kier alpha value is -1.03. The van der Waals surface area contributed by atoms with Gasteiger partial charge in [-0.05, 0) is 19.4 Å². The van der Waals surface area contributed by atoms with E-state index in [9.17, 15) is 0 Å². The SMILES string of the molecule is CN=C(C1CCCN1)N(C)/C=C\NC. The summed E-state index contributed by atoms with van der Waals surface area (Å²) in [6.45, 7) is 1.10. The summed E-state index contributed by atoms with van der Waals surface area (Å²) in [5.74, 6) is 1.11. The topological polar surface area (TPSA) is 39.7 Å². The molecule has 0 spiro atoms. The molecule has 0 aliphatic carbocycles. The molecule has 1 saturated heterocycles. The van der Waals surface area contributed by atoms with Crippen molar-refractivity contribution in [1.29, 1.82) is 0 Å². The Morgan fingerprint density at radius 1 is 1.64 bits per heavy atom. The molecule has 14 heavy (non-hydrogen) atoms. The number of rotatable bonds is 3. The second kappa shape index (κ2) is 5.65. The van der Waals surface area contributed by atoms with Crippen LogP contribution >= 0.6 is 0 Å². The molecule has 1 atom stereocenters. The van der Waals surface area contributed by atoms with Gasteiger partial charge in [-0.1, -0.05) is 0 Å². The number of hydrogen-bond donors (Lipinski definition) is 2. The largest absolute Gasteiger partial charge is 0.393 e. The van der Waals surface area contributed by atoms with E-state index in [4.69, 9.17) is 0 Å². The third kappa shape index (κ3) is 2.73. The molecule has 0 bridgehead atoms. The maximum atomic E-state index is 4.32. The molecule has 1 unspecified atom stereocenters. The summed E-state index contributed by atoms with van der Waals surface area (Å²) < 4.78 is 0. The molecule has 4 heteroatoms. The number of hydrogen-bond acceptors (Lipinski definition) is 3. The standard InChI is InChI=1S/C10H20N4/c1-11-7-8-14(3)10(12-2)9-5-4-6-13-9/h7-9,11,13H,4-6H2,1-3H3/b8-7-,12-10?. The molecule has 1 rings (SSSR count). The second-order valence-corrected chi connectivity index (χ2v) is 3.45. The summed E-state index contributed by atoms with van der Waals surface area (Å²) in [6, 6.07) is 0.423. The van der Waals surface area contributed by atoms with Crippen molar-refractivity contribution < 1.29 is 0 Å². The van der Waals surface area contributed by atoms with Crippen molar-refractivity contribution in [3.05, 3.63) is 12.4 Å². The lowest BCUT2D eigenvalue weighted by atomic mass is 10.2. The zero-order chi connectivity index (χ0) is 10.4. The van der Waals surface area contributed by atoms with Crippen LogP contribution in [-0.2, 0) is 0 Å². The van der Waals surface area contributed by atoms with Crippen LogP contribution in [0.25, 0.3) is 0 Å². The lowest BCUT2D eigenvalue weighted by Gasteiger charge is -2.21. The van der Waals surface area contributed by atoms with Crippen LogP contribution in [0.1, 0.15) is 12.8 Å². The Morgan fingerprint density at radius 2 is 2.43 bits per heavy atom. The molecule has 80 valence electrons. The minimum atomic E-state index is 0.423. The third-order valence-corrected chi connectivity index (χ3v) is 2.43. The van der Waals surface area contributed by atoms with Gasteiger partial charge < -0.3 is 15.5 Å². The highest BCUT2D eigenvalue weighted by atomic mass is 15.2. The minimum Gasteiger partial charge on any atom is -0.393 e. The first-order chi connectivity index (χ1) is 6.79. The predicted octanol–water partition coefficient (Wildman–Crippen LogP) is 0.389. The Labute approximate surface area is 86.1 Å². The molecule has 1 heterocycles. The third-order valence-electron chi connectivity index (χ3n) is 2.43. The number of nitrogens with zero attached hydrogens (tertiary/aromatic N) is 2. The highest BCUT2D eigenvalue weighted by Gasteiger charge is 2.21. The van der Waals surface area contributed by atoms with Gasteiger partial charge in [-0.15, -0.1) is 0 Å². The van der Waals surface area contributed by atoms with Gasteiger partial charge in [0.05, 0.1) is 6.04 Å². The molecule has 0 saturated carbocycles. The molecule has 1 aliphatic heterocycles. The van der Waals surface area contributed by atoms with E-state index in [1.165, 1.54) is 12.8 Å². The average Bonchev–Trinajstić information content (AvgIpc) is 2.69. The Morgan fingerprint density at radius 3 is 2.93 bits per heavy atom. The van der Waals surface area contributed by atoms with Gasteiger partial charge in [-0.2, -0.15) is 0 Å². The summed E-state index contributed by atoms with van der Waals surface area (Å²) in [4.78, 5) is 6.38. The van der Waals surface area contributed by atoms with Gasteiger partial charge in [0, 0.05) is 33.5 Å². The summed E-state index contributed by atoms with van der Waals surface area (Å²) in [5, 5.41) is 6.41. The molecule has 1 aliphatic rings. The van der Waals surface area contributed by atoms with Crippen molar-refractivity contribution in [2.45, 2.75) is 18.9 Å². The molecule has 2 N–H and O–H groups in total. The van der Waals surface area contributed by atoms with E-state index < -0.39 is 0 Å². The fraction of sp³-hybridized carbons (Fsp3) is 0.700. The molecule has 1 fully saturated rings. The Balaban J connectivity index is 2.56. The van der Waals surface area contributed by atoms with E-state index in [2.05, 4.69) is 20.5 Å². The molecule has 0 amide bonds. The maximum Gasteiger partial charge on any atom is 0.120 e. The zero-order valence-corrected chi connectivity index (χ0v) is 9.25. The molecule has 0 radical (unpaired) electrons. The highest BCUT2D eigenvalue weighted by Crippen LogP contribution is 2.09. The van der Waals surface area contributed by atoms with E-state index in [0.717, 1.165) is 12.4 Å². The van der Waals surface area contributed by atoms with Crippen LogP contribution in [0.4, 0.5) is 0 Å². The van der Waals surface area contributed by atoms with Crippen molar-refractivity contribution in [1.82, 2.24) is 15.5 Å². The van der Waals surface area contributed by atoms with Crippen LogP contribution in [0.3, 0.4) is 0 Å². The molecule has 0 aromatic carbocycles. The summed E-state index contributed by atoms with van der Waals surface area (Å²) in [5.41, 5.74) is 0. The maximum absolute atomic E-state index is 4.32. The molecular weight excluding hydrogens is 176 g/mol. The first-order valence-electron chi connectivity index (χ1n) is 5.06. The minimum absolute atomic E-state index is 0.423. The van der Waals surface area contributed by atoms with Gasteiger partial charge >= 0.3 is 0 Å². The van der Waals surface area contributed by atoms with Crippen LogP contribution in [0.5, 0.6) is 0 Å². The van der Waals surface area contributed by atoms with Crippen molar-refractivity contribution in [3.63, 3.8) is 0 Å². The molecular formula is C10H20N4. The highest BCUT2D eigenvalue weighted by molar-refractivity contribution is 5.88. The lowest BCUT2D eigenvalue weighted by molar-refractivity contribution is 0.606. The summed E-state index contributed by atoms with van der Waals surface area (Å²) in [7, 11) is 5.76. The van der Waals surface area contributed by atoms with Crippen LogP contribution < -0.4 is 10.6 Å². The van der Waals surface area contributed by atoms with E-state index in [1.807, 2.05) is 33.5 Å². The monoisotopic (exact) mass is 196 g/mol.